The van der Waals surface area contributed by atoms with E-state index >= 15 is 0 Å². The predicted molar refractivity (Wildman–Crippen MR) is 258 cm³/mol. The average molecular weight is 996 g/mol. The summed E-state index contributed by atoms with van der Waals surface area (Å²) in [4.78, 5) is 135. The molecule has 7 amide bonds. The highest BCUT2D eigenvalue weighted by Crippen LogP contribution is 2.42. The van der Waals surface area contributed by atoms with Crippen LogP contribution in [0.5, 0.6) is 5.75 Å². The monoisotopic (exact) mass is 995 g/mol. The molecule has 0 saturated heterocycles. The molecule has 23 nitrogen and oxygen atoms in total. The Morgan fingerprint density at radius 3 is 1.96 bits per heavy atom. The number of hydrogen-bond donors (Lipinski definition) is 11. The molecule has 1 aliphatic carbocycles. The van der Waals surface area contributed by atoms with Gasteiger partial charge in [-0.15, -0.1) is 0 Å². The lowest BCUT2D eigenvalue weighted by Crippen LogP contribution is -2.60. The molecule has 7 atom stereocenters. The number of aliphatic hydroxyl groups is 1. The quantitative estimate of drug-likeness (QED) is 0.0318. The normalized spacial score (nSPS) is 14.0. The Morgan fingerprint density at radius 2 is 1.36 bits per heavy atom. The standard InChI is InChI=1S/C49H57N9O14/c1-23(43(64)54-25(3)45(66)58-42(27(5)60)48(69)57-38(26(4)59)18-30-21-50-22-52-30)53-44(65)24(2)55-47(68)37(56-28(6)61)9-7-8-16-51-46(67)29-10-13-33(49(70)71)36(17-29)41-34-14-11-31(62)19-39(34)72-40-20-32(63)12-15-35(40)41/h10-15,17,19-25,27,37-38,42,60,62H,7-9,16,18H2,1-6H3,(H,50,52)(H,51,67)(H,53,65)(H,54,64)(H,55,68)(H,56,61)(H,57,69)(H,58,66)(H,70,71)/t23-,24-,25-,27+,37-,38-,42-/m1/s1. The van der Waals surface area contributed by atoms with Crippen LogP contribution in [0.1, 0.15) is 87.2 Å². The lowest BCUT2D eigenvalue weighted by Gasteiger charge is -2.26. The van der Waals surface area contributed by atoms with Crippen molar-refractivity contribution in [2.75, 3.05) is 6.54 Å². The smallest absolute Gasteiger partial charge is 0.336 e. The number of rotatable bonds is 23. The Labute approximate surface area is 411 Å². The number of phenols is 1. The molecule has 0 unspecified atom stereocenters. The maximum Gasteiger partial charge on any atom is 0.336 e. The number of nitrogens with one attached hydrogen (secondary N) is 8. The second kappa shape index (κ2) is 24.4. The van der Waals surface area contributed by atoms with Gasteiger partial charge in [0.2, 0.25) is 35.4 Å². The lowest BCUT2D eigenvalue weighted by molar-refractivity contribution is -0.135. The highest BCUT2D eigenvalue weighted by atomic mass is 16.4. The molecule has 5 rings (SSSR count). The molecule has 382 valence electrons. The Hall–Kier alpha value is -8.47. The molecule has 0 saturated carbocycles. The van der Waals surface area contributed by atoms with E-state index in [0.717, 1.165) is 0 Å². The summed E-state index contributed by atoms with van der Waals surface area (Å²) < 4.78 is 5.88. The van der Waals surface area contributed by atoms with E-state index in [1.54, 1.807) is 0 Å². The van der Waals surface area contributed by atoms with E-state index in [9.17, 15) is 63.3 Å². The van der Waals surface area contributed by atoms with Crippen molar-refractivity contribution in [1.29, 1.82) is 0 Å². The van der Waals surface area contributed by atoms with Gasteiger partial charge in [-0.05, 0) is 102 Å². The maximum absolute atomic E-state index is 13.4. The van der Waals surface area contributed by atoms with Crippen molar-refractivity contribution in [2.45, 2.75) is 110 Å². The lowest BCUT2D eigenvalue weighted by atomic mass is 9.89. The number of carboxylic acid groups (broad SMARTS) is 1. The van der Waals surface area contributed by atoms with E-state index < -0.39 is 89.7 Å². The van der Waals surface area contributed by atoms with Crippen LogP contribution in [-0.2, 0) is 40.0 Å². The number of benzene rings is 3. The number of unbranched alkanes of at least 4 members (excludes halogenated alkanes) is 1. The van der Waals surface area contributed by atoms with Gasteiger partial charge in [0, 0.05) is 66.0 Å². The molecule has 0 radical (unpaired) electrons. The van der Waals surface area contributed by atoms with Gasteiger partial charge >= 0.3 is 5.97 Å². The first kappa shape index (κ1) is 54.5. The second-order valence-electron chi connectivity index (χ2n) is 17.3. The molecule has 2 heterocycles. The van der Waals surface area contributed by atoms with Gasteiger partial charge in [0.1, 0.15) is 47.3 Å². The molecular formula is C49H57N9O14. The fourth-order valence-electron chi connectivity index (χ4n) is 7.56. The number of amides is 7. The maximum atomic E-state index is 13.4. The Bertz CT molecular complexity index is 2880. The van der Waals surface area contributed by atoms with Gasteiger partial charge in [-0.1, -0.05) is 0 Å². The number of fused-ring (bicyclic) bond motifs is 2. The average Bonchev–Trinajstić information content (AvgIpc) is 3.84. The van der Waals surface area contributed by atoms with Crippen LogP contribution < -0.4 is 42.6 Å². The summed E-state index contributed by atoms with van der Waals surface area (Å²) in [5, 5.41) is 48.6. The Morgan fingerprint density at radius 1 is 0.708 bits per heavy atom. The summed E-state index contributed by atoms with van der Waals surface area (Å²) in [6.45, 7) is 7.81. The van der Waals surface area contributed by atoms with Gasteiger partial charge in [0.15, 0.2) is 11.2 Å². The van der Waals surface area contributed by atoms with E-state index in [2.05, 4.69) is 47.2 Å². The van der Waals surface area contributed by atoms with Gasteiger partial charge in [0.25, 0.3) is 5.91 Å². The van der Waals surface area contributed by atoms with Crippen molar-refractivity contribution < 1.29 is 62.9 Å². The number of Topliss-reactive ketones (excluding diaryl/α,β-unsaturated/α-hetero) is 1. The van der Waals surface area contributed by atoms with Crippen molar-refractivity contribution in [3.05, 3.63) is 94.2 Å². The summed E-state index contributed by atoms with van der Waals surface area (Å²) in [6.07, 6.45) is 2.27. The minimum absolute atomic E-state index is 0.0769. The highest BCUT2D eigenvalue weighted by Gasteiger charge is 2.32. The first-order valence-corrected chi connectivity index (χ1v) is 22.8. The molecule has 3 aromatic rings. The molecular weight excluding hydrogens is 939 g/mol. The molecule has 2 aromatic carbocycles. The highest BCUT2D eigenvalue weighted by molar-refractivity contribution is 6.09. The molecule has 0 fully saturated rings. The summed E-state index contributed by atoms with van der Waals surface area (Å²) in [5.41, 5.74) is 1.25. The van der Waals surface area contributed by atoms with Gasteiger partial charge in [-0.3, -0.25) is 43.2 Å². The van der Waals surface area contributed by atoms with Gasteiger partial charge in [-0.25, -0.2) is 9.78 Å². The number of ketones is 1. The fourth-order valence-corrected chi connectivity index (χ4v) is 7.56. The van der Waals surface area contributed by atoms with Crippen LogP contribution in [0.15, 0.2) is 76.3 Å². The van der Waals surface area contributed by atoms with Crippen LogP contribution in [0.2, 0.25) is 0 Å². The van der Waals surface area contributed by atoms with Crippen molar-refractivity contribution in [2.24, 2.45) is 0 Å². The number of imidazole rings is 1. The van der Waals surface area contributed by atoms with E-state index in [1.807, 2.05) is 0 Å². The Balaban J connectivity index is 1.12. The minimum atomic E-state index is -1.51. The van der Waals surface area contributed by atoms with Crippen LogP contribution in [0.3, 0.4) is 0 Å². The third kappa shape index (κ3) is 14.3. The number of nitrogens with zero attached hydrogens (tertiary/aromatic N) is 1. The molecule has 1 aliphatic heterocycles. The number of aromatic nitrogens is 2. The zero-order valence-corrected chi connectivity index (χ0v) is 40.2. The van der Waals surface area contributed by atoms with E-state index in [4.69, 9.17) is 4.42 Å². The van der Waals surface area contributed by atoms with Crippen LogP contribution in [0, 0.1) is 0 Å². The van der Waals surface area contributed by atoms with Crippen LogP contribution in [0.4, 0.5) is 0 Å². The number of aromatic carboxylic acids is 1. The molecule has 2 aliphatic rings. The SMILES string of the molecule is CC(=O)N[C@H](CCCCNC(=O)c1ccc(C(=O)O)c(-c2c3ccc(=O)cc-3oc3cc(O)ccc23)c1)C(=O)N[C@H](C)C(=O)N[C@H](C)C(=O)N[C@H](C)C(=O)N[C@@H](C(=O)N[C@H](Cc1cnc[nH]1)C(C)=O)[C@H](C)O. The van der Waals surface area contributed by atoms with Gasteiger partial charge < -0.3 is 61.9 Å². The summed E-state index contributed by atoms with van der Waals surface area (Å²) >= 11 is 0. The molecule has 0 bridgehead atoms. The summed E-state index contributed by atoms with van der Waals surface area (Å²) in [7, 11) is 0. The van der Waals surface area contributed by atoms with E-state index in [-0.39, 0.29) is 64.4 Å². The number of phenolic OH excluding ortho intramolecular Hbond substituents is 1. The molecule has 1 aromatic heterocycles. The largest absolute Gasteiger partial charge is 0.508 e. The molecule has 11 N–H and O–H groups in total. The first-order chi connectivity index (χ1) is 34.0. The zero-order valence-electron chi connectivity index (χ0n) is 40.2. The number of carboxylic acids is 1. The van der Waals surface area contributed by atoms with Crippen molar-refractivity contribution >= 4 is 64.1 Å². The van der Waals surface area contributed by atoms with Gasteiger partial charge in [0.05, 0.1) is 24.0 Å². The van der Waals surface area contributed by atoms with E-state index in [1.165, 1.54) is 109 Å². The minimum Gasteiger partial charge on any atom is -0.508 e. The van der Waals surface area contributed by atoms with Crippen molar-refractivity contribution in [1.82, 2.24) is 47.2 Å². The molecule has 72 heavy (non-hydrogen) atoms. The molecule has 23 heteroatoms. The third-order valence-corrected chi connectivity index (χ3v) is 11.5. The zero-order chi connectivity index (χ0) is 53.0. The van der Waals surface area contributed by atoms with Crippen molar-refractivity contribution in [3.8, 4) is 28.2 Å². The Kier molecular flexibility index (Phi) is 18.4. The second-order valence-corrected chi connectivity index (χ2v) is 17.3. The summed E-state index contributed by atoms with van der Waals surface area (Å²) in [5.74, 6) is -6.77. The van der Waals surface area contributed by atoms with Gasteiger partial charge in [-0.2, -0.15) is 0 Å². The topological polar surface area (TPSA) is 357 Å². The molecule has 0 spiro atoms. The van der Waals surface area contributed by atoms with Crippen molar-refractivity contribution in [3.63, 3.8) is 0 Å². The summed E-state index contributed by atoms with van der Waals surface area (Å²) in [6, 6.07) is 5.01. The number of carbonyl (C=O) groups is 9. The fraction of sp³-hybridized carbons (Fsp3) is 0.367. The third-order valence-electron chi connectivity index (χ3n) is 11.5. The number of hydrogen-bond acceptors (Lipinski definition) is 14. The predicted octanol–water partition coefficient (Wildman–Crippen LogP) is 0.793. The number of H-pyrrole nitrogens is 1. The van der Waals surface area contributed by atoms with Crippen LogP contribution in [-0.4, -0.2) is 127 Å². The van der Waals surface area contributed by atoms with E-state index in [0.29, 0.717) is 35.0 Å². The number of aromatic amines is 1. The van der Waals surface area contributed by atoms with Crippen LogP contribution >= 0.6 is 0 Å². The number of carbonyl (C=O) groups excluding carboxylic acids is 8. The van der Waals surface area contributed by atoms with Crippen LogP contribution in [0.25, 0.3) is 33.4 Å². The number of aliphatic hydroxyl groups excluding tert-OH is 1. The first-order valence-electron chi connectivity index (χ1n) is 22.8. The number of aromatic hydroxyl groups is 1.